The average Bonchev–Trinajstić information content (AvgIpc) is 2.26. The summed E-state index contributed by atoms with van der Waals surface area (Å²) >= 11 is 0. The van der Waals surface area contributed by atoms with Gasteiger partial charge in [0.15, 0.2) is 0 Å². The molecule has 9 heteroatoms. The summed E-state index contributed by atoms with van der Waals surface area (Å²) in [6, 6.07) is -2.17. The fourth-order valence-corrected chi connectivity index (χ4v) is 1.29. The molecule has 20 heavy (non-hydrogen) atoms. The molecule has 0 unspecified atom stereocenters. The maximum Gasteiger partial charge on any atom is 0.326 e. The largest absolute Gasteiger partial charge is 0.480 e. The fraction of sp³-hybridized carbons (Fsp3) is 0.636. The van der Waals surface area contributed by atoms with Crippen molar-refractivity contribution in [1.29, 1.82) is 0 Å². The summed E-state index contributed by atoms with van der Waals surface area (Å²) in [7, 11) is 0. The maximum atomic E-state index is 11.4. The molecule has 0 aromatic carbocycles. The van der Waals surface area contributed by atoms with Gasteiger partial charge in [-0.2, -0.15) is 0 Å². The van der Waals surface area contributed by atoms with Crippen LogP contribution < -0.4 is 21.7 Å². The molecule has 0 heterocycles. The number of nitrogens with one attached hydrogen (secondary N) is 3. The molecule has 0 fully saturated rings. The predicted octanol–water partition coefficient (Wildman–Crippen LogP) is -1.47. The summed E-state index contributed by atoms with van der Waals surface area (Å²) < 4.78 is 0. The van der Waals surface area contributed by atoms with Crippen LogP contribution in [0.2, 0.25) is 0 Å². The number of amides is 4. The Bertz CT molecular complexity index is 383. The minimum absolute atomic E-state index is 0.00304. The number of aliphatic carboxylic acids is 1. The van der Waals surface area contributed by atoms with Crippen molar-refractivity contribution in [3.8, 4) is 0 Å². The van der Waals surface area contributed by atoms with Gasteiger partial charge in [-0.15, -0.1) is 0 Å². The topological polar surface area (TPSA) is 151 Å². The van der Waals surface area contributed by atoms with Gasteiger partial charge in [0.05, 0.1) is 6.42 Å². The van der Waals surface area contributed by atoms with Gasteiger partial charge in [0, 0.05) is 19.0 Å². The molecule has 6 N–H and O–H groups in total. The van der Waals surface area contributed by atoms with E-state index in [4.69, 9.17) is 10.8 Å². The average molecular weight is 288 g/mol. The van der Waals surface area contributed by atoms with Crippen molar-refractivity contribution < 1.29 is 24.3 Å². The van der Waals surface area contributed by atoms with Gasteiger partial charge >= 0.3 is 12.0 Å². The van der Waals surface area contributed by atoms with E-state index in [0.717, 1.165) is 0 Å². The molecule has 0 spiro atoms. The lowest BCUT2D eigenvalue weighted by Crippen LogP contribution is -2.48. The van der Waals surface area contributed by atoms with E-state index < -0.39 is 30.4 Å². The van der Waals surface area contributed by atoms with Gasteiger partial charge in [-0.3, -0.25) is 9.59 Å². The number of rotatable bonds is 8. The second kappa shape index (κ2) is 8.73. The van der Waals surface area contributed by atoms with Crippen molar-refractivity contribution in [1.82, 2.24) is 16.0 Å². The van der Waals surface area contributed by atoms with Crippen LogP contribution in [0, 0.1) is 0 Å². The molecule has 0 aliphatic rings. The Morgan fingerprint density at radius 3 is 2.20 bits per heavy atom. The SMILES string of the molecule is CC(C)NC(=O)CCNC(=O)N[C@H](CC(N)=O)C(=O)O. The lowest BCUT2D eigenvalue weighted by molar-refractivity contribution is -0.140. The number of urea groups is 1. The van der Waals surface area contributed by atoms with E-state index in [9.17, 15) is 19.2 Å². The van der Waals surface area contributed by atoms with Crippen LogP contribution in [-0.2, 0) is 14.4 Å². The summed E-state index contributed by atoms with van der Waals surface area (Å²) in [4.78, 5) is 44.0. The van der Waals surface area contributed by atoms with Crippen LogP contribution >= 0.6 is 0 Å². The molecule has 0 saturated carbocycles. The van der Waals surface area contributed by atoms with Crippen molar-refractivity contribution in [2.75, 3.05) is 6.54 Å². The highest BCUT2D eigenvalue weighted by Crippen LogP contribution is 1.91. The molecule has 0 aliphatic heterocycles. The molecule has 9 nitrogen and oxygen atoms in total. The van der Waals surface area contributed by atoms with Gasteiger partial charge in [0.1, 0.15) is 6.04 Å². The molecule has 1 atom stereocenters. The molecule has 0 saturated heterocycles. The van der Waals surface area contributed by atoms with E-state index in [0.29, 0.717) is 0 Å². The van der Waals surface area contributed by atoms with Crippen LogP contribution in [-0.4, -0.2) is 47.5 Å². The number of carbonyl (C=O) groups excluding carboxylic acids is 3. The maximum absolute atomic E-state index is 11.4. The Morgan fingerprint density at radius 1 is 1.15 bits per heavy atom. The van der Waals surface area contributed by atoms with E-state index >= 15 is 0 Å². The van der Waals surface area contributed by atoms with E-state index in [-0.39, 0.29) is 24.9 Å². The minimum atomic E-state index is -1.39. The van der Waals surface area contributed by atoms with Crippen molar-refractivity contribution in [3.63, 3.8) is 0 Å². The Balaban J connectivity index is 4.05. The highest BCUT2D eigenvalue weighted by atomic mass is 16.4. The van der Waals surface area contributed by atoms with E-state index in [2.05, 4.69) is 16.0 Å². The Kier molecular flexibility index (Phi) is 7.71. The number of nitrogens with two attached hydrogens (primary N) is 1. The van der Waals surface area contributed by atoms with E-state index in [1.54, 1.807) is 13.8 Å². The van der Waals surface area contributed by atoms with Crippen LogP contribution in [0.3, 0.4) is 0 Å². The predicted molar refractivity (Wildman–Crippen MR) is 69.7 cm³/mol. The second-order valence-electron chi connectivity index (χ2n) is 4.43. The third-order valence-corrected chi connectivity index (χ3v) is 2.10. The Morgan fingerprint density at radius 2 is 1.75 bits per heavy atom. The van der Waals surface area contributed by atoms with Gasteiger partial charge in [0.2, 0.25) is 11.8 Å². The molecule has 0 aliphatic carbocycles. The third kappa shape index (κ3) is 8.72. The molecule has 0 aromatic rings. The second-order valence-corrected chi connectivity index (χ2v) is 4.43. The van der Waals surface area contributed by atoms with Gasteiger partial charge in [-0.05, 0) is 13.8 Å². The molecular weight excluding hydrogens is 268 g/mol. The molecule has 0 bridgehead atoms. The summed E-state index contributed by atoms with van der Waals surface area (Å²) in [5, 5.41) is 15.8. The summed E-state index contributed by atoms with van der Waals surface area (Å²) in [6.45, 7) is 3.66. The molecule has 0 aromatic heterocycles. The van der Waals surface area contributed by atoms with Gasteiger partial charge in [0.25, 0.3) is 0 Å². The number of hydrogen-bond donors (Lipinski definition) is 5. The first-order valence-electron chi connectivity index (χ1n) is 6.07. The van der Waals surface area contributed by atoms with Crippen molar-refractivity contribution in [3.05, 3.63) is 0 Å². The van der Waals surface area contributed by atoms with Crippen LogP contribution in [0.1, 0.15) is 26.7 Å². The zero-order chi connectivity index (χ0) is 15.7. The van der Waals surface area contributed by atoms with E-state index in [1.165, 1.54) is 0 Å². The zero-order valence-corrected chi connectivity index (χ0v) is 11.4. The molecule has 114 valence electrons. The highest BCUT2D eigenvalue weighted by Gasteiger charge is 2.21. The molecular formula is C11H20N4O5. The number of primary amides is 1. The third-order valence-electron chi connectivity index (χ3n) is 2.10. The first kappa shape index (κ1) is 17.7. The lowest BCUT2D eigenvalue weighted by Gasteiger charge is -2.14. The number of hydrogen-bond acceptors (Lipinski definition) is 4. The summed E-state index contributed by atoms with van der Waals surface area (Å²) in [6.07, 6.45) is -0.435. The number of carboxylic acid groups (broad SMARTS) is 1. The first-order valence-corrected chi connectivity index (χ1v) is 6.07. The van der Waals surface area contributed by atoms with Crippen molar-refractivity contribution in [2.45, 2.75) is 38.8 Å². The van der Waals surface area contributed by atoms with E-state index in [1.807, 2.05) is 0 Å². The standard InChI is InChI=1S/C11H20N4O5/c1-6(2)14-9(17)3-4-13-11(20)15-7(10(18)19)5-8(12)16/h6-7H,3-5H2,1-2H3,(H2,12,16)(H,14,17)(H,18,19)(H2,13,15,20)/t7-/m1/s1. The Hall–Kier alpha value is -2.32. The quantitative estimate of drug-likeness (QED) is 0.369. The Labute approximate surface area is 116 Å². The molecule has 0 rings (SSSR count). The van der Waals surface area contributed by atoms with Crippen LogP contribution in [0.25, 0.3) is 0 Å². The van der Waals surface area contributed by atoms with Crippen LogP contribution in [0.5, 0.6) is 0 Å². The molecule has 4 amide bonds. The van der Waals surface area contributed by atoms with Crippen LogP contribution in [0.15, 0.2) is 0 Å². The minimum Gasteiger partial charge on any atom is -0.480 e. The van der Waals surface area contributed by atoms with Gasteiger partial charge in [-0.1, -0.05) is 0 Å². The first-order chi connectivity index (χ1) is 9.22. The summed E-state index contributed by atoms with van der Waals surface area (Å²) in [5.41, 5.74) is 4.87. The normalized spacial score (nSPS) is 11.6. The van der Waals surface area contributed by atoms with Gasteiger partial charge < -0.3 is 26.8 Å². The van der Waals surface area contributed by atoms with Crippen molar-refractivity contribution in [2.24, 2.45) is 5.73 Å². The highest BCUT2D eigenvalue weighted by molar-refractivity contribution is 5.87. The fourth-order valence-electron chi connectivity index (χ4n) is 1.29. The zero-order valence-electron chi connectivity index (χ0n) is 11.4. The lowest BCUT2D eigenvalue weighted by atomic mass is 10.2. The monoisotopic (exact) mass is 288 g/mol. The van der Waals surface area contributed by atoms with Crippen molar-refractivity contribution >= 4 is 23.8 Å². The number of carbonyl (C=O) groups is 4. The smallest absolute Gasteiger partial charge is 0.326 e. The molecule has 0 radical (unpaired) electrons. The summed E-state index contributed by atoms with van der Waals surface area (Å²) in [5.74, 6) is -2.43. The number of carboxylic acids is 1. The van der Waals surface area contributed by atoms with Gasteiger partial charge in [-0.25, -0.2) is 9.59 Å². The van der Waals surface area contributed by atoms with Crippen LogP contribution in [0.4, 0.5) is 4.79 Å².